The van der Waals surface area contributed by atoms with E-state index in [0.29, 0.717) is 0 Å². The van der Waals surface area contributed by atoms with E-state index in [9.17, 15) is 9.59 Å². The summed E-state index contributed by atoms with van der Waals surface area (Å²) in [6.45, 7) is 11.2. The molecule has 4 aromatic rings. The van der Waals surface area contributed by atoms with Crippen LogP contribution >= 0.6 is 0 Å². The number of methoxy groups -OCH3 is 1. The zero-order valence-electron chi connectivity index (χ0n) is 27.4. The van der Waals surface area contributed by atoms with Crippen molar-refractivity contribution in [3.05, 3.63) is 135 Å². The average molecular weight is 644 g/mol. The molecule has 46 heavy (non-hydrogen) atoms. The summed E-state index contributed by atoms with van der Waals surface area (Å²) >= 11 is 0. The van der Waals surface area contributed by atoms with Gasteiger partial charge >= 0.3 is 5.69 Å². The van der Waals surface area contributed by atoms with E-state index in [-0.39, 0.29) is 24.1 Å². The van der Waals surface area contributed by atoms with Gasteiger partial charge in [0.2, 0.25) is 0 Å². The highest BCUT2D eigenvalue weighted by Crippen LogP contribution is 2.45. The van der Waals surface area contributed by atoms with E-state index in [1.165, 1.54) is 16.8 Å². The van der Waals surface area contributed by atoms with Crippen LogP contribution in [-0.2, 0) is 19.5 Å². The molecular weight excluding hydrogens is 598 g/mol. The molecule has 0 spiro atoms. The molecule has 9 nitrogen and oxygen atoms in total. The van der Waals surface area contributed by atoms with Crippen LogP contribution in [0.2, 0.25) is 18.1 Å². The zero-order valence-corrected chi connectivity index (χ0v) is 28.4. The van der Waals surface area contributed by atoms with Crippen LogP contribution in [0.1, 0.15) is 43.7 Å². The van der Waals surface area contributed by atoms with Crippen LogP contribution in [0.25, 0.3) is 0 Å². The van der Waals surface area contributed by atoms with Gasteiger partial charge in [0, 0.05) is 24.7 Å². The van der Waals surface area contributed by atoms with E-state index in [1.54, 1.807) is 7.11 Å². The second-order valence-corrected chi connectivity index (χ2v) is 18.0. The molecule has 10 heteroatoms. The summed E-state index contributed by atoms with van der Waals surface area (Å²) in [4.78, 5) is 27.4. The average Bonchev–Trinajstić information content (AvgIpc) is 3.38. The van der Waals surface area contributed by atoms with Crippen molar-refractivity contribution in [1.29, 1.82) is 0 Å². The fourth-order valence-corrected chi connectivity index (χ4v) is 7.20. The number of hydrogen-bond acceptors (Lipinski definition) is 7. The lowest BCUT2D eigenvalue weighted by molar-refractivity contribution is -0.0894. The van der Waals surface area contributed by atoms with Crippen LogP contribution in [0.4, 0.5) is 0 Å². The highest BCUT2D eigenvalue weighted by Gasteiger charge is 2.51. The molecule has 0 radical (unpaired) electrons. The van der Waals surface area contributed by atoms with Crippen LogP contribution in [0.5, 0.6) is 5.75 Å². The smallest absolute Gasteiger partial charge is 0.330 e. The molecule has 1 aliphatic rings. The Bertz CT molecular complexity index is 1660. The monoisotopic (exact) mass is 643 g/mol. The van der Waals surface area contributed by atoms with E-state index in [2.05, 4.69) is 63.1 Å². The summed E-state index contributed by atoms with van der Waals surface area (Å²) in [5.74, 6) is 0.430. The summed E-state index contributed by atoms with van der Waals surface area (Å²) < 4.78 is 27.7. The molecule has 3 N–H and O–H groups in total. The van der Waals surface area contributed by atoms with E-state index in [1.807, 2.05) is 60.7 Å². The van der Waals surface area contributed by atoms with Gasteiger partial charge in [-0.1, -0.05) is 93.6 Å². The van der Waals surface area contributed by atoms with Crippen molar-refractivity contribution >= 4 is 8.32 Å². The molecule has 0 saturated carbocycles. The molecule has 4 atom stereocenters. The molecule has 5 rings (SSSR count). The van der Waals surface area contributed by atoms with Gasteiger partial charge in [0.1, 0.15) is 11.4 Å². The minimum atomic E-state index is -2.36. The second kappa shape index (κ2) is 13.5. The predicted octanol–water partition coefficient (Wildman–Crippen LogP) is 5.42. The predicted molar refractivity (Wildman–Crippen MR) is 182 cm³/mol. The molecule has 2 heterocycles. The highest BCUT2D eigenvalue weighted by atomic mass is 28.4. The Hall–Kier alpha value is -3.80. The summed E-state index contributed by atoms with van der Waals surface area (Å²) in [6, 6.07) is 29.4. The Kier molecular flexibility index (Phi) is 9.85. The summed E-state index contributed by atoms with van der Waals surface area (Å²) in [5, 5.41) is -0.106. The number of nitrogens with zero attached hydrogens (tertiary/aromatic N) is 1. The minimum Gasteiger partial charge on any atom is -0.497 e. The molecule has 0 aliphatic carbocycles. The van der Waals surface area contributed by atoms with Crippen LogP contribution in [-0.4, -0.2) is 50.3 Å². The lowest BCUT2D eigenvalue weighted by atomic mass is 9.80. The maximum atomic E-state index is 13.1. The number of nitrogens with one attached hydrogen (secondary N) is 1. The molecule has 1 fully saturated rings. The first kappa shape index (κ1) is 33.6. The second-order valence-electron chi connectivity index (χ2n) is 13.3. The Balaban J connectivity index is 1.60. The Labute approximate surface area is 271 Å². The van der Waals surface area contributed by atoms with Gasteiger partial charge in [0.25, 0.3) is 5.56 Å². The van der Waals surface area contributed by atoms with E-state index in [0.717, 1.165) is 22.4 Å². The number of aromatic nitrogens is 2. The van der Waals surface area contributed by atoms with Crippen LogP contribution in [0, 0.1) is 5.92 Å². The minimum absolute atomic E-state index is 0.106. The van der Waals surface area contributed by atoms with Crippen molar-refractivity contribution in [3.8, 4) is 5.75 Å². The lowest BCUT2D eigenvalue weighted by Gasteiger charge is -2.41. The van der Waals surface area contributed by atoms with E-state index < -0.39 is 43.6 Å². The Morgan fingerprint density at radius 3 is 1.93 bits per heavy atom. The quantitative estimate of drug-likeness (QED) is 0.166. The van der Waals surface area contributed by atoms with Crippen LogP contribution in [0.3, 0.4) is 0 Å². The van der Waals surface area contributed by atoms with Crippen molar-refractivity contribution in [1.82, 2.24) is 9.55 Å². The first-order chi connectivity index (χ1) is 21.9. The maximum absolute atomic E-state index is 13.1. The third-order valence-corrected chi connectivity index (χ3v) is 13.9. The molecule has 1 aliphatic heterocycles. The number of ether oxygens (including phenoxy) is 3. The maximum Gasteiger partial charge on any atom is 0.330 e. The third kappa shape index (κ3) is 6.54. The van der Waals surface area contributed by atoms with Crippen LogP contribution in [0.15, 0.2) is 107 Å². The van der Waals surface area contributed by atoms with Gasteiger partial charge in [0.15, 0.2) is 14.5 Å². The fraction of sp³-hybridized carbons (Fsp3) is 0.389. The van der Waals surface area contributed by atoms with Crippen molar-refractivity contribution in [2.45, 2.75) is 62.9 Å². The van der Waals surface area contributed by atoms with Gasteiger partial charge in [0.05, 0.1) is 25.9 Å². The number of nitrogens with two attached hydrogens (primary N) is 1. The largest absolute Gasteiger partial charge is 0.497 e. The number of H-pyrrole nitrogens is 1. The topological polar surface area (TPSA) is 118 Å². The van der Waals surface area contributed by atoms with Crippen molar-refractivity contribution in [3.63, 3.8) is 0 Å². The van der Waals surface area contributed by atoms with Gasteiger partial charge in [-0.15, -0.1) is 0 Å². The molecule has 244 valence electrons. The number of aromatic amines is 1. The Morgan fingerprint density at radius 1 is 0.870 bits per heavy atom. The van der Waals surface area contributed by atoms with Crippen molar-refractivity contribution in [2.75, 3.05) is 20.3 Å². The number of hydrogen-bond donors (Lipinski definition) is 2. The SMILES string of the molecule is COc1ccc(C(OC[C@H]2O[C@@H](n3ccc(=O)[nH]c3=O)[C@H](O[Si](C)(C)C(C)(C)C)[C@@H]2CN)(c2ccccc2)c2ccccc2)cc1. The normalized spacial score (nSPS) is 20.5. The van der Waals surface area contributed by atoms with E-state index >= 15 is 0 Å². The third-order valence-electron chi connectivity index (χ3n) is 9.45. The highest BCUT2D eigenvalue weighted by molar-refractivity contribution is 6.74. The molecule has 1 aromatic heterocycles. The number of rotatable bonds is 11. The van der Waals surface area contributed by atoms with Crippen LogP contribution < -0.4 is 21.7 Å². The summed E-state index contributed by atoms with van der Waals surface area (Å²) in [5.41, 5.74) is 7.22. The summed E-state index contributed by atoms with van der Waals surface area (Å²) in [6.07, 6.45) is -0.440. The van der Waals surface area contributed by atoms with Gasteiger partial charge in [-0.2, -0.15) is 0 Å². The standard InChI is InChI=1S/C36H45N3O6Si/c1-35(2,3)46(5,6)45-32-29(23-37)30(44-33(32)39-22-21-31(40)38-34(39)41)24-43-36(25-13-9-7-10-14-25,26-15-11-8-12-16-26)27-17-19-28(42-4)20-18-27/h7-22,29-30,32-33H,23-24,37H2,1-6H3,(H,38,40,41)/t29-,30-,32-,33-/m1/s1. The van der Waals surface area contributed by atoms with Gasteiger partial charge in [-0.25, -0.2) is 4.79 Å². The van der Waals surface area contributed by atoms with Gasteiger partial charge in [-0.05, 0) is 47.0 Å². The van der Waals surface area contributed by atoms with Crippen molar-refractivity contribution in [2.24, 2.45) is 11.7 Å². The summed E-state index contributed by atoms with van der Waals surface area (Å²) in [7, 11) is -0.720. The van der Waals surface area contributed by atoms with Gasteiger partial charge < -0.3 is 24.4 Å². The Morgan fingerprint density at radius 2 is 1.43 bits per heavy atom. The first-order valence-corrected chi connectivity index (χ1v) is 18.6. The molecular formula is C36H45N3O6Si. The molecule has 3 aromatic carbocycles. The molecule has 1 saturated heterocycles. The lowest BCUT2D eigenvalue weighted by Crippen LogP contribution is -2.49. The first-order valence-electron chi connectivity index (χ1n) is 15.7. The van der Waals surface area contributed by atoms with Crippen molar-refractivity contribution < 1.29 is 18.6 Å². The van der Waals surface area contributed by atoms with Gasteiger partial charge in [-0.3, -0.25) is 14.3 Å². The zero-order chi connectivity index (χ0) is 33.1. The molecule has 0 bridgehead atoms. The molecule has 0 unspecified atom stereocenters. The number of benzene rings is 3. The fourth-order valence-electron chi connectivity index (χ4n) is 5.87. The van der Waals surface area contributed by atoms with E-state index in [4.69, 9.17) is 24.4 Å². The molecule has 0 amide bonds.